The van der Waals surface area contributed by atoms with Crippen molar-refractivity contribution >= 4 is 35.0 Å². The van der Waals surface area contributed by atoms with Gasteiger partial charge in [0, 0.05) is 41.0 Å². The summed E-state index contributed by atoms with van der Waals surface area (Å²) in [5.41, 5.74) is 2.67. The second-order valence-electron chi connectivity index (χ2n) is 8.58. The number of amides is 2. The number of aryl methyl sites for hydroxylation is 1. The molecular weight excluding hydrogens is 467 g/mol. The van der Waals surface area contributed by atoms with Gasteiger partial charge in [0.15, 0.2) is 0 Å². The maximum Gasteiger partial charge on any atom is 0.243 e. The summed E-state index contributed by atoms with van der Waals surface area (Å²) in [7, 11) is 0. The minimum absolute atomic E-state index is 0.0593. The molecule has 0 saturated carbocycles. The van der Waals surface area contributed by atoms with Crippen molar-refractivity contribution in [1.29, 1.82) is 0 Å². The number of carbonyl (C=O) groups excluding carboxylic acids is 2. The van der Waals surface area contributed by atoms with Crippen LogP contribution in [0.25, 0.3) is 0 Å². The molecule has 0 heterocycles. The Labute approximate surface area is 211 Å². The molecular formula is C28H30Cl2N2O2. The third kappa shape index (κ3) is 7.34. The summed E-state index contributed by atoms with van der Waals surface area (Å²) in [6.07, 6.45) is 1.24. The highest BCUT2D eigenvalue weighted by atomic mass is 35.5. The molecule has 0 aliphatic heterocycles. The summed E-state index contributed by atoms with van der Waals surface area (Å²) >= 11 is 12.9. The maximum absolute atomic E-state index is 13.6. The van der Waals surface area contributed by atoms with E-state index in [9.17, 15) is 9.59 Å². The van der Waals surface area contributed by atoms with E-state index in [-0.39, 0.29) is 30.8 Å². The number of halogens is 2. The lowest BCUT2D eigenvalue weighted by atomic mass is 10.0. The fourth-order valence-electron chi connectivity index (χ4n) is 3.83. The van der Waals surface area contributed by atoms with E-state index >= 15 is 0 Å². The highest BCUT2D eigenvalue weighted by molar-refractivity contribution is 6.36. The molecule has 4 nitrogen and oxygen atoms in total. The van der Waals surface area contributed by atoms with Crippen LogP contribution in [0.3, 0.4) is 0 Å². The standard InChI is InChI=1S/C28H30Cl2N2O2/c1-20(2)31-28(34)26(18-22-12-7-4-8-13-22)32(19-23-24(29)14-9-15-25(23)30)27(33)17-16-21-10-5-3-6-11-21/h3-15,20,26H,16-19H2,1-2H3,(H,31,34). The Kier molecular flexibility index (Phi) is 9.55. The summed E-state index contributed by atoms with van der Waals surface area (Å²) < 4.78 is 0. The highest BCUT2D eigenvalue weighted by Gasteiger charge is 2.31. The zero-order valence-corrected chi connectivity index (χ0v) is 21.0. The van der Waals surface area contributed by atoms with Gasteiger partial charge in [-0.05, 0) is 43.5 Å². The molecule has 0 aliphatic carbocycles. The number of hydrogen-bond donors (Lipinski definition) is 1. The molecule has 0 aliphatic rings. The summed E-state index contributed by atoms with van der Waals surface area (Å²) in [5.74, 6) is -0.324. The first-order chi connectivity index (χ1) is 16.3. The Hall–Kier alpha value is -2.82. The van der Waals surface area contributed by atoms with Gasteiger partial charge in [-0.3, -0.25) is 9.59 Å². The van der Waals surface area contributed by atoms with Crippen molar-refractivity contribution in [3.63, 3.8) is 0 Å². The molecule has 34 heavy (non-hydrogen) atoms. The zero-order chi connectivity index (χ0) is 24.5. The molecule has 178 valence electrons. The predicted molar refractivity (Wildman–Crippen MR) is 139 cm³/mol. The van der Waals surface area contributed by atoms with Crippen LogP contribution in [0.4, 0.5) is 0 Å². The molecule has 0 radical (unpaired) electrons. The fourth-order valence-corrected chi connectivity index (χ4v) is 4.34. The first-order valence-corrected chi connectivity index (χ1v) is 12.2. The van der Waals surface area contributed by atoms with Crippen LogP contribution in [0.5, 0.6) is 0 Å². The van der Waals surface area contributed by atoms with Gasteiger partial charge in [-0.1, -0.05) is 89.9 Å². The molecule has 3 aromatic carbocycles. The highest BCUT2D eigenvalue weighted by Crippen LogP contribution is 2.27. The van der Waals surface area contributed by atoms with Gasteiger partial charge in [-0.25, -0.2) is 0 Å². The smallest absolute Gasteiger partial charge is 0.243 e. The van der Waals surface area contributed by atoms with Crippen molar-refractivity contribution in [2.24, 2.45) is 0 Å². The van der Waals surface area contributed by atoms with E-state index in [0.717, 1.165) is 11.1 Å². The van der Waals surface area contributed by atoms with E-state index in [1.54, 1.807) is 23.1 Å². The van der Waals surface area contributed by atoms with Gasteiger partial charge in [0.2, 0.25) is 11.8 Å². The van der Waals surface area contributed by atoms with E-state index in [4.69, 9.17) is 23.2 Å². The molecule has 0 saturated heterocycles. The van der Waals surface area contributed by atoms with E-state index in [0.29, 0.717) is 28.5 Å². The summed E-state index contributed by atoms with van der Waals surface area (Å²) in [4.78, 5) is 28.6. The van der Waals surface area contributed by atoms with Gasteiger partial charge in [-0.2, -0.15) is 0 Å². The number of rotatable bonds is 10. The van der Waals surface area contributed by atoms with Crippen LogP contribution in [0.1, 0.15) is 37.0 Å². The van der Waals surface area contributed by atoms with Crippen LogP contribution in [0, 0.1) is 0 Å². The van der Waals surface area contributed by atoms with Crippen LogP contribution in [-0.4, -0.2) is 28.8 Å². The van der Waals surface area contributed by atoms with Crippen LogP contribution in [-0.2, 0) is 29.0 Å². The molecule has 1 atom stereocenters. The molecule has 1 unspecified atom stereocenters. The molecule has 0 spiro atoms. The van der Waals surface area contributed by atoms with Crippen LogP contribution in [0.2, 0.25) is 10.0 Å². The average Bonchev–Trinajstić information content (AvgIpc) is 2.82. The Bertz CT molecular complexity index is 1070. The normalized spacial score (nSPS) is 11.8. The predicted octanol–water partition coefficient (Wildman–Crippen LogP) is 6.09. The van der Waals surface area contributed by atoms with Gasteiger partial charge in [0.25, 0.3) is 0 Å². The lowest BCUT2D eigenvalue weighted by Gasteiger charge is -2.32. The number of nitrogens with one attached hydrogen (secondary N) is 1. The van der Waals surface area contributed by atoms with E-state index in [1.807, 2.05) is 74.5 Å². The Morgan fingerprint density at radius 1 is 0.824 bits per heavy atom. The van der Waals surface area contributed by atoms with Gasteiger partial charge in [0.05, 0.1) is 0 Å². The summed E-state index contributed by atoms with van der Waals surface area (Å²) in [6, 6.07) is 24.1. The molecule has 0 aromatic heterocycles. The number of nitrogens with zero attached hydrogens (tertiary/aromatic N) is 1. The van der Waals surface area contributed by atoms with Gasteiger partial charge >= 0.3 is 0 Å². The molecule has 6 heteroatoms. The van der Waals surface area contributed by atoms with E-state index in [2.05, 4.69) is 5.32 Å². The van der Waals surface area contributed by atoms with E-state index in [1.165, 1.54) is 0 Å². The van der Waals surface area contributed by atoms with Gasteiger partial charge < -0.3 is 10.2 Å². The average molecular weight is 497 g/mol. The minimum Gasteiger partial charge on any atom is -0.352 e. The Balaban J connectivity index is 1.95. The van der Waals surface area contributed by atoms with Gasteiger partial charge in [0.1, 0.15) is 6.04 Å². The number of hydrogen-bond acceptors (Lipinski definition) is 2. The van der Waals surface area contributed by atoms with Crippen molar-refractivity contribution in [2.75, 3.05) is 0 Å². The van der Waals surface area contributed by atoms with Gasteiger partial charge in [-0.15, -0.1) is 0 Å². The van der Waals surface area contributed by atoms with E-state index < -0.39 is 6.04 Å². The fraction of sp³-hybridized carbons (Fsp3) is 0.286. The largest absolute Gasteiger partial charge is 0.352 e. The second-order valence-corrected chi connectivity index (χ2v) is 9.39. The molecule has 0 bridgehead atoms. The monoisotopic (exact) mass is 496 g/mol. The van der Waals surface area contributed by atoms with Crippen molar-refractivity contribution in [2.45, 2.75) is 51.7 Å². The van der Waals surface area contributed by atoms with Crippen molar-refractivity contribution in [1.82, 2.24) is 10.2 Å². The minimum atomic E-state index is -0.708. The first kappa shape index (κ1) is 25.8. The first-order valence-electron chi connectivity index (χ1n) is 11.5. The van der Waals surface area contributed by atoms with Crippen molar-refractivity contribution < 1.29 is 9.59 Å². The Morgan fingerprint density at radius 2 is 1.38 bits per heavy atom. The molecule has 1 N–H and O–H groups in total. The third-order valence-corrected chi connectivity index (χ3v) is 6.27. The molecule has 0 fully saturated rings. The topological polar surface area (TPSA) is 49.4 Å². The molecule has 3 rings (SSSR count). The van der Waals surface area contributed by atoms with Crippen molar-refractivity contribution in [3.05, 3.63) is 106 Å². The summed E-state index contributed by atoms with van der Waals surface area (Å²) in [6.45, 7) is 3.96. The Morgan fingerprint density at radius 3 is 1.94 bits per heavy atom. The molecule has 2 amide bonds. The number of carbonyl (C=O) groups is 2. The second kappa shape index (κ2) is 12.6. The SMILES string of the molecule is CC(C)NC(=O)C(Cc1ccccc1)N(Cc1c(Cl)cccc1Cl)C(=O)CCc1ccccc1. The zero-order valence-electron chi connectivity index (χ0n) is 19.5. The van der Waals surface area contributed by atoms with Crippen LogP contribution in [0.15, 0.2) is 78.9 Å². The lowest BCUT2D eigenvalue weighted by molar-refractivity contribution is -0.141. The quantitative estimate of drug-likeness (QED) is 0.369. The lowest BCUT2D eigenvalue weighted by Crippen LogP contribution is -2.51. The van der Waals surface area contributed by atoms with Crippen molar-refractivity contribution in [3.8, 4) is 0 Å². The van der Waals surface area contributed by atoms with Crippen LogP contribution >= 0.6 is 23.2 Å². The van der Waals surface area contributed by atoms with Crippen LogP contribution < -0.4 is 5.32 Å². The third-order valence-electron chi connectivity index (χ3n) is 5.56. The summed E-state index contributed by atoms with van der Waals surface area (Å²) in [5, 5.41) is 3.93. The number of benzene rings is 3. The maximum atomic E-state index is 13.6. The molecule has 3 aromatic rings.